The summed E-state index contributed by atoms with van der Waals surface area (Å²) in [6.45, 7) is 7.96. The molecule has 0 fully saturated rings. The largest absolute Gasteiger partial charge is 0.436 e. The van der Waals surface area contributed by atoms with Gasteiger partial charge in [0, 0.05) is 13.0 Å². The van der Waals surface area contributed by atoms with Gasteiger partial charge in [0.05, 0.1) is 0 Å². The van der Waals surface area contributed by atoms with Crippen LogP contribution in [0.4, 0.5) is 4.79 Å². The van der Waals surface area contributed by atoms with Crippen molar-refractivity contribution >= 4 is 12.0 Å². The summed E-state index contributed by atoms with van der Waals surface area (Å²) >= 11 is 0. The fourth-order valence-electron chi connectivity index (χ4n) is 0.550. The molecule has 12 heavy (non-hydrogen) atoms. The first kappa shape index (κ1) is 10.5. The Kier molecular flexibility index (Phi) is 3.28. The van der Waals surface area contributed by atoms with Crippen molar-refractivity contribution < 1.29 is 14.3 Å². The van der Waals surface area contributed by atoms with Crippen LogP contribution in [0.25, 0.3) is 0 Å². The number of esters is 1. The summed E-state index contributed by atoms with van der Waals surface area (Å²) in [7, 11) is 0. The van der Waals surface area contributed by atoms with Crippen LogP contribution in [0.1, 0.15) is 6.92 Å². The molecule has 0 spiro atoms. The first-order valence-corrected chi connectivity index (χ1v) is 3.16. The van der Waals surface area contributed by atoms with E-state index in [-0.39, 0.29) is 0 Å². The monoisotopic (exact) mass is 171 g/mol. The number of urea groups is 1. The van der Waals surface area contributed by atoms with E-state index in [1.807, 2.05) is 0 Å². The van der Waals surface area contributed by atoms with E-state index in [9.17, 15) is 9.59 Å². The number of hydrogen-bond donors (Lipinski definition) is 2. The van der Waals surface area contributed by atoms with Crippen molar-refractivity contribution in [3.63, 3.8) is 0 Å². The molecule has 0 heterocycles. The van der Waals surface area contributed by atoms with Crippen molar-refractivity contribution in [1.29, 1.82) is 0 Å². The van der Waals surface area contributed by atoms with E-state index in [4.69, 9.17) is 5.73 Å². The van der Waals surface area contributed by atoms with Gasteiger partial charge in [-0.1, -0.05) is 6.58 Å². The molecule has 1 atom stereocenters. The first-order valence-electron chi connectivity index (χ1n) is 3.16. The van der Waals surface area contributed by atoms with E-state index in [2.05, 4.69) is 23.6 Å². The fraction of sp³-hybridized carbons (Fsp3) is 0.286. The molecule has 5 heteroatoms. The van der Waals surface area contributed by atoms with Gasteiger partial charge in [-0.3, -0.25) is 0 Å². The maximum Gasteiger partial charge on any atom is 0.332 e. The first-order chi connectivity index (χ1) is 5.37. The third kappa shape index (κ3) is 4.32. The van der Waals surface area contributed by atoms with Crippen LogP contribution in [-0.4, -0.2) is 17.7 Å². The van der Waals surface area contributed by atoms with Crippen LogP contribution in [0.2, 0.25) is 0 Å². The van der Waals surface area contributed by atoms with Crippen LogP contribution in [0.3, 0.4) is 0 Å². The third-order valence-electron chi connectivity index (χ3n) is 0.880. The summed E-state index contributed by atoms with van der Waals surface area (Å²) in [5.74, 6) is -0.679. The lowest BCUT2D eigenvalue weighted by Gasteiger charge is -2.23. The molecule has 2 amide bonds. The molecule has 0 aromatic rings. The SMILES string of the molecule is [CH2]C(C)(NC(N)=O)OC(=O)C=C. The van der Waals surface area contributed by atoms with Crippen molar-refractivity contribution in [2.24, 2.45) is 5.73 Å². The Morgan fingerprint density at radius 2 is 2.17 bits per heavy atom. The van der Waals surface area contributed by atoms with Gasteiger partial charge in [-0.15, -0.1) is 0 Å². The number of amides is 2. The van der Waals surface area contributed by atoms with Crippen molar-refractivity contribution in [3.8, 4) is 0 Å². The highest BCUT2D eigenvalue weighted by Gasteiger charge is 2.22. The van der Waals surface area contributed by atoms with Crippen LogP contribution >= 0.6 is 0 Å². The second-order valence-electron chi connectivity index (χ2n) is 2.35. The molecule has 5 nitrogen and oxygen atoms in total. The number of carbonyl (C=O) groups excluding carboxylic acids is 2. The molecule has 3 N–H and O–H groups in total. The quantitative estimate of drug-likeness (QED) is 0.354. The molecule has 0 saturated heterocycles. The van der Waals surface area contributed by atoms with E-state index >= 15 is 0 Å². The van der Waals surface area contributed by atoms with Gasteiger partial charge in [0.1, 0.15) is 0 Å². The molecule has 0 rings (SSSR count). The van der Waals surface area contributed by atoms with Crippen molar-refractivity contribution in [3.05, 3.63) is 19.6 Å². The molecule has 0 aliphatic carbocycles. The number of nitrogens with one attached hydrogen (secondary N) is 1. The van der Waals surface area contributed by atoms with Gasteiger partial charge in [0.2, 0.25) is 0 Å². The summed E-state index contributed by atoms with van der Waals surface area (Å²) in [5.41, 5.74) is 3.44. The van der Waals surface area contributed by atoms with Crippen LogP contribution < -0.4 is 11.1 Å². The molecule has 67 valence electrons. The van der Waals surface area contributed by atoms with Crippen LogP contribution in [0.5, 0.6) is 0 Å². The lowest BCUT2D eigenvalue weighted by Crippen LogP contribution is -2.49. The summed E-state index contributed by atoms with van der Waals surface area (Å²) in [6.07, 6.45) is 0.964. The summed E-state index contributed by atoms with van der Waals surface area (Å²) in [5, 5.41) is 2.12. The molecule has 0 aromatic carbocycles. The summed E-state index contributed by atoms with van der Waals surface area (Å²) in [6, 6.07) is -0.815. The average molecular weight is 171 g/mol. The number of carbonyl (C=O) groups is 2. The Hall–Kier alpha value is -1.52. The van der Waals surface area contributed by atoms with E-state index in [0.717, 1.165) is 6.08 Å². The van der Waals surface area contributed by atoms with Gasteiger partial charge >= 0.3 is 12.0 Å². The topological polar surface area (TPSA) is 81.4 Å². The molecule has 1 unspecified atom stereocenters. The van der Waals surface area contributed by atoms with E-state index in [1.54, 1.807) is 0 Å². The van der Waals surface area contributed by atoms with Crippen molar-refractivity contribution in [1.82, 2.24) is 5.32 Å². The van der Waals surface area contributed by atoms with Gasteiger partial charge in [0.15, 0.2) is 5.72 Å². The van der Waals surface area contributed by atoms with Gasteiger partial charge in [-0.05, 0) is 6.92 Å². The number of ether oxygens (including phenoxy) is 1. The smallest absolute Gasteiger partial charge is 0.332 e. The van der Waals surface area contributed by atoms with Gasteiger partial charge in [-0.25, -0.2) is 9.59 Å². The normalized spacial score (nSPS) is 10.2. The highest BCUT2D eigenvalue weighted by Crippen LogP contribution is 2.03. The Labute approximate surface area is 70.6 Å². The van der Waals surface area contributed by atoms with Gasteiger partial charge < -0.3 is 15.8 Å². The van der Waals surface area contributed by atoms with Gasteiger partial charge in [-0.2, -0.15) is 0 Å². The minimum Gasteiger partial charge on any atom is -0.436 e. The predicted molar refractivity (Wildman–Crippen MR) is 42.8 cm³/mol. The van der Waals surface area contributed by atoms with E-state index in [0.29, 0.717) is 0 Å². The number of primary amides is 1. The molecule has 1 radical (unpaired) electrons. The zero-order valence-corrected chi connectivity index (χ0v) is 6.79. The maximum atomic E-state index is 10.6. The number of nitrogens with two attached hydrogens (primary N) is 1. The second kappa shape index (κ2) is 3.75. The Bertz CT molecular complexity index is 211. The molecular weight excluding hydrogens is 160 g/mol. The van der Waals surface area contributed by atoms with Crippen molar-refractivity contribution in [2.75, 3.05) is 0 Å². The lowest BCUT2D eigenvalue weighted by atomic mass is 10.3. The highest BCUT2D eigenvalue weighted by atomic mass is 16.6. The molecule has 0 bridgehead atoms. The zero-order valence-electron chi connectivity index (χ0n) is 6.79. The fourth-order valence-corrected chi connectivity index (χ4v) is 0.550. The molecule has 0 aromatic heterocycles. The van der Waals surface area contributed by atoms with Crippen LogP contribution in [0, 0.1) is 6.92 Å². The van der Waals surface area contributed by atoms with E-state index in [1.165, 1.54) is 6.92 Å². The average Bonchev–Trinajstić information content (AvgIpc) is 1.83. The highest BCUT2D eigenvalue weighted by molar-refractivity contribution is 5.82. The predicted octanol–water partition coefficient (Wildman–Crippen LogP) is -0.0658. The minimum atomic E-state index is -1.35. The standard InChI is InChI=1S/C7H11N2O3/c1-4-5(10)12-7(2,3)9-6(8)11/h4H,1-2H2,3H3,(H3,8,9,11). The number of rotatable bonds is 3. The Morgan fingerprint density at radius 1 is 1.67 bits per heavy atom. The minimum absolute atomic E-state index is 0.679. The Balaban J connectivity index is 4.11. The van der Waals surface area contributed by atoms with Crippen molar-refractivity contribution in [2.45, 2.75) is 12.6 Å². The zero-order chi connectivity index (χ0) is 9.78. The summed E-state index contributed by atoms with van der Waals surface area (Å²) < 4.78 is 4.62. The summed E-state index contributed by atoms with van der Waals surface area (Å²) in [4.78, 5) is 21.0. The van der Waals surface area contributed by atoms with E-state index < -0.39 is 17.7 Å². The second-order valence-corrected chi connectivity index (χ2v) is 2.35. The van der Waals surface area contributed by atoms with Crippen LogP contribution in [0.15, 0.2) is 12.7 Å². The molecule has 0 saturated carbocycles. The lowest BCUT2D eigenvalue weighted by molar-refractivity contribution is -0.149. The van der Waals surface area contributed by atoms with Crippen LogP contribution in [-0.2, 0) is 9.53 Å². The number of hydrogen-bond acceptors (Lipinski definition) is 3. The van der Waals surface area contributed by atoms with Gasteiger partial charge in [0.25, 0.3) is 0 Å². The molecular formula is C7H11N2O3. The maximum absolute atomic E-state index is 10.6. The molecule has 0 aliphatic heterocycles. The molecule has 0 aliphatic rings. The third-order valence-corrected chi connectivity index (χ3v) is 0.880. The Morgan fingerprint density at radius 3 is 2.50 bits per heavy atom.